The topological polar surface area (TPSA) is 213 Å². The zero-order valence-electron chi connectivity index (χ0n) is 44.0. The van der Waals surface area contributed by atoms with E-state index in [1.165, 1.54) is 30.4 Å². The van der Waals surface area contributed by atoms with Crippen LogP contribution in [0.2, 0.25) is 0 Å². The number of allylic oxidation sites excluding steroid dienone is 2. The van der Waals surface area contributed by atoms with Gasteiger partial charge in [0.25, 0.3) is 0 Å². The van der Waals surface area contributed by atoms with Gasteiger partial charge in [-0.2, -0.15) is 0 Å². The fourth-order valence-corrected chi connectivity index (χ4v) is 7.87. The number of hydrogen-bond donors (Lipinski definition) is 0. The second-order valence-corrected chi connectivity index (χ2v) is 17.9. The Morgan fingerprint density at radius 1 is 0.442 bits per heavy atom. The van der Waals surface area contributed by atoms with Crippen molar-refractivity contribution < 1.29 is 85.6 Å². The number of unbranched alkanes of at least 4 members (excludes halogenated alkanes) is 6. The number of carbonyl (C=O) groups is 6. The van der Waals surface area contributed by atoms with Crippen molar-refractivity contribution >= 4 is 35.8 Å². The molecule has 3 aromatic carbocycles. The number of carbonyl (C=O) groups excluding carboxylic acids is 6. The molecule has 0 aromatic heterocycles. The standard InChI is InChI=1S/C59H72O18/c1-4-54(60)72-34-12-8-6-10-32-69-47-22-26-49(27-23-47)74-56(62)43-14-16-45(17-15-43)58(64)76-51-30-31-52(53(42-51)71-41-40-68-39-38-67-37-36-66-3)77-59(65)46-20-18-44(19-21-46)57(63)75-50-28-24-48(25-29-50)70-33-11-7-9-13-35-73-55(61)5-2/h4-5,14,16,22-31,42,44,46H,1-2,6-13,15,17-21,32-41H2,3H3. The first-order valence-electron chi connectivity index (χ1n) is 26.3. The van der Waals surface area contributed by atoms with Gasteiger partial charge in [-0.1, -0.05) is 25.3 Å². The first-order chi connectivity index (χ1) is 37.5. The summed E-state index contributed by atoms with van der Waals surface area (Å²) >= 11 is 0. The van der Waals surface area contributed by atoms with E-state index < -0.39 is 41.7 Å². The Bertz CT molecular complexity index is 2420. The fraction of sp³-hybridized carbons (Fsp3) is 0.458. The van der Waals surface area contributed by atoms with Crippen molar-refractivity contribution in [3.8, 4) is 40.2 Å². The van der Waals surface area contributed by atoms with E-state index in [1.54, 1.807) is 55.6 Å². The highest BCUT2D eigenvalue weighted by molar-refractivity contribution is 5.95. The number of methoxy groups -OCH3 is 1. The van der Waals surface area contributed by atoms with Crippen molar-refractivity contribution in [3.05, 3.63) is 115 Å². The molecule has 0 amide bonds. The van der Waals surface area contributed by atoms with Crippen molar-refractivity contribution in [2.45, 2.75) is 89.9 Å². The van der Waals surface area contributed by atoms with Crippen LogP contribution in [0.5, 0.6) is 40.2 Å². The molecule has 18 nitrogen and oxygen atoms in total. The Kier molecular flexibility index (Phi) is 27.6. The Morgan fingerprint density at radius 2 is 0.857 bits per heavy atom. The van der Waals surface area contributed by atoms with Crippen molar-refractivity contribution in [2.75, 3.05) is 73.2 Å². The van der Waals surface area contributed by atoms with E-state index in [0.29, 0.717) is 113 Å². The summed E-state index contributed by atoms with van der Waals surface area (Å²) in [6.45, 7) is 10.4. The highest BCUT2D eigenvalue weighted by Gasteiger charge is 2.33. The van der Waals surface area contributed by atoms with Gasteiger partial charge >= 0.3 is 35.8 Å². The fourth-order valence-electron chi connectivity index (χ4n) is 7.87. The van der Waals surface area contributed by atoms with Crippen LogP contribution in [0.15, 0.2) is 115 Å². The molecule has 0 unspecified atom stereocenters. The molecular formula is C59H72O18. The molecule has 0 heterocycles. The van der Waals surface area contributed by atoms with E-state index in [-0.39, 0.29) is 49.3 Å². The molecule has 0 aliphatic heterocycles. The third-order valence-corrected chi connectivity index (χ3v) is 12.2. The summed E-state index contributed by atoms with van der Waals surface area (Å²) in [5.74, 6) is -1.30. The van der Waals surface area contributed by atoms with Gasteiger partial charge in [0.05, 0.1) is 71.3 Å². The molecule has 0 atom stereocenters. The molecule has 2 aliphatic rings. The second-order valence-electron chi connectivity index (χ2n) is 17.9. The summed E-state index contributed by atoms with van der Waals surface area (Å²) in [5.41, 5.74) is 0.722. The van der Waals surface area contributed by atoms with Crippen LogP contribution < -0.4 is 33.2 Å². The predicted octanol–water partition coefficient (Wildman–Crippen LogP) is 9.56. The Labute approximate surface area is 450 Å². The van der Waals surface area contributed by atoms with E-state index in [2.05, 4.69) is 13.2 Å². The molecule has 3 aromatic rings. The normalized spacial score (nSPS) is 14.9. The molecule has 0 radical (unpaired) electrons. The summed E-state index contributed by atoms with van der Waals surface area (Å²) < 4.78 is 66.5. The summed E-state index contributed by atoms with van der Waals surface area (Å²) in [5, 5.41) is 0. The Balaban J connectivity index is 1.07. The number of rotatable bonds is 36. The molecule has 18 heteroatoms. The van der Waals surface area contributed by atoms with Crippen LogP contribution in [0.25, 0.3) is 0 Å². The van der Waals surface area contributed by atoms with Gasteiger partial charge in [-0.15, -0.1) is 0 Å². The minimum absolute atomic E-state index is 0.0786. The molecule has 416 valence electrons. The van der Waals surface area contributed by atoms with E-state index >= 15 is 0 Å². The number of esters is 6. The van der Waals surface area contributed by atoms with Crippen LogP contribution in [-0.2, 0) is 52.5 Å². The van der Waals surface area contributed by atoms with Crippen LogP contribution in [0, 0.1) is 11.8 Å². The lowest BCUT2D eigenvalue weighted by Gasteiger charge is -2.26. The Morgan fingerprint density at radius 3 is 1.34 bits per heavy atom. The number of hydrogen-bond acceptors (Lipinski definition) is 18. The zero-order chi connectivity index (χ0) is 54.9. The maximum absolute atomic E-state index is 13.6. The Hall–Kier alpha value is -7.28. The van der Waals surface area contributed by atoms with Crippen molar-refractivity contribution in [3.63, 3.8) is 0 Å². The monoisotopic (exact) mass is 1070 g/mol. The first kappa shape index (κ1) is 60.6. The average molecular weight is 1070 g/mol. The van der Waals surface area contributed by atoms with Crippen molar-refractivity contribution in [1.82, 2.24) is 0 Å². The van der Waals surface area contributed by atoms with E-state index in [1.807, 2.05) is 0 Å². The van der Waals surface area contributed by atoms with Crippen LogP contribution in [-0.4, -0.2) is 109 Å². The van der Waals surface area contributed by atoms with Gasteiger partial charge < -0.3 is 56.8 Å². The van der Waals surface area contributed by atoms with Crippen LogP contribution >= 0.6 is 0 Å². The maximum atomic E-state index is 13.6. The molecule has 77 heavy (non-hydrogen) atoms. The number of ether oxygens (including phenoxy) is 12. The van der Waals surface area contributed by atoms with Gasteiger partial charge in [0, 0.05) is 36.5 Å². The molecule has 1 saturated carbocycles. The SMILES string of the molecule is C=CC(=O)OCCCCCCOc1ccc(OC(=O)C2=CC=C(C(=O)Oc3ccc(OC(=O)C4CCC(C(=O)Oc5ccc(OCCCCCCOC(=O)C=C)cc5)CC4)c(OCCOCCOCCOC)c3)CC2)cc1. The van der Waals surface area contributed by atoms with Crippen molar-refractivity contribution in [1.29, 1.82) is 0 Å². The zero-order valence-corrected chi connectivity index (χ0v) is 44.0. The minimum Gasteiger partial charge on any atom is -0.494 e. The third-order valence-electron chi connectivity index (χ3n) is 12.2. The summed E-state index contributed by atoms with van der Waals surface area (Å²) in [4.78, 5) is 75.3. The molecular weight excluding hydrogens is 997 g/mol. The lowest BCUT2D eigenvalue weighted by atomic mass is 9.82. The quantitative estimate of drug-likeness (QED) is 0.0229. The average Bonchev–Trinajstić information content (AvgIpc) is 3.45. The summed E-state index contributed by atoms with van der Waals surface area (Å²) in [7, 11) is 1.59. The van der Waals surface area contributed by atoms with Gasteiger partial charge in [-0.3, -0.25) is 9.59 Å². The first-order valence-corrected chi connectivity index (χ1v) is 26.3. The lowest BCUT2D eigenvalue weighted by Crippen LogP contribution is -2.30. The summed E-state index contributed by atoms with van der Waals surface area (Å²) in [6, 6.07) is 18.1. The maximum Gasteiger partial charge on any atom is 0.339 e. The predicted molar refractivity (Wildman–Crippen MR) is 282 cm³/mol. The van der Waals surface area contributed by atoms with Crippen LogP contribution in [0.1, 0.15) is 89.9 Å². The minimum atomic E-state index is -0.631. The smallest absolute Gasteiger partial charge is 0.339 e. The number of benzene rings is 3. The molecule has 1 fully saturated rings. The highest BCUT2D eigenvalue weighted by Crippen LogP contribution is 2.36. The van der Waals surface area contributed by atoms with Gasteiger partial charge in [-0.25, -0.2) is 19.2 Å². The van der Waals surface area contributed by atoms with Crippen LogP contribution in [0.4, 0.5) is 0 Å². The van der Waals surface area contributed by atoms with E-state index in [9.17, 15) is 28.8 Å². The van der Waals surface area contributed by atoms with E-state index in [0.717, 1.165) is 63.5 Å². The van der Waals surface area contributed by atoms with Gasteiger partial charge in [0.2, 0.25) is 0 Å². The second kappa shape index (κ2) is 35.1. The largest absolute Gasteiger partial charge is 0.494 e. The van der Waals surface area contributed by atoms with Crippen molar-refractivity contribution in [2.24, 2.45) is 11.8 Å². The lowest BCUT2D eigenvalue weighted by molar-refractivity contribution is -0.145. The molecule has 5 rings (SSSR count). The molecule has 0 N–H and O–H groups in total. The van der Waals surface area contributed by atoms with Gasteiger partial charge in [-0.05, 0) is 151 Å². The van der Waals surface area contributed by atoms with Gasteiger partial charge in [0.1, 0.15) is 35.4 Å². The molecule has 2 aliphatic carbocycles. The molecule has 0 bridgehead atoms. The summed E-state index contributed by atoms with van der Waals surface area (Å²) in [6.07, 6.45) is 14.4. The van der Waals surface area contributed by atoms with E-state index in [4.69, 9.17) is 56.8 Å². The van der Waals surface area contributed by atoms with Gasteiger partial charge in [0.15, 0.2) is 11.5 Å². The van der Waals surface area contributed by atoms with Crippen LogP contribution in [0.3, 0.4) is 0 Å². The highest BCUT2D eigenvalue weighted by atomic mass is 16.6. The molecule has 0 spiro atoms. The molecule has 0 saturated heterocycles. The third kappa shape index (κ3) is 23.2.